The summed E-state index contributed by atoms with van der Waals surface area (Å²) < 4.78 is 0. The molecule has 1 fully saturated rings. The number of amides is 1. The van der Waals surface area contributed by atoms with Gasteiger partial charge in [0.05, 0.1) is 0 Å². The first-order chi connectivity index (χ1) is 9.31. The van der Waals surface area contributed by atoms with E-state index < -0.39 is 0 Å². The number of rotatable bonds is 4. The van der Waals surface area contributed by atoms with Crippen molar-refractivity contribution in [1.29, 1.82) is 0 Å². The average Bonchev–Trinajstić information content (AvgIpc) is 2.74. The zero-order chi connectivity index (χ0) is 13.5. The Hall–Kier alpha value is -1.55. The predicted octanol–water partition coefficient (Wildman–Crippen LogP) is 1.63. The van der Waals surface area contributed by atoms with E-state index in [2.05, 4.69) is 22.5 Å². The van der Waals surface area contributed by atoms with Crippen LogP contribution in [0.1, 0.15) is 30.1 Å². The molecule has 104 valence electrons. The van der Waals surface area contributed by atoms with Gasteiger partial charge in [0.25, 0.3) is 5.91 Å². The highest BCUT2D eigenvalue weighted by Gasteiger charge is 2.10. The molecule has 0 unspecified atom stereocenters. The second-order valence-electron chi connectivity index (χ2n) is 4.89. The van der Waals surface area contributed by atoms with Crippen molar-refractivity contribution >= 4 is 11.6 Å². The molecule has 1 saturated heterocycles. The summed E-state index contributed by atoms with van der Waals surface area (Å²) in [4.78, 5) is 14.2. The molecule has 0 bridgehead atoms. The van der Waals surface area contributed by atoms with Gasteiger partial charge >= 0.3 is 0 Å². The van der Waals surface area contributed by atoms with Gasteiger partial charge in [0.15, 0.2) is 0 Å². The van der Waals surface area contributed by atoms with Crippen molar-refractivity contribution in [2.24, 2.45) is 0 Å². The molecule has 0 aliphatic carbocycles. The normalized spacial score (nSPS) is 15.9. The number of hydrogen-bond acceptors (Lipinski definition) is 3. The van der Waals surface area contributed by atoms with Crippen molar-refractivity contribution in [3.05, 3.63) is 29.8 Å². The molecule has 1 aromatic carbocycles. The van der Waals surface area contributed by atoms with Crippen molar-refractivity contribution in [3.8, 4) is 0 Å². The molecule has 4 nitrogen and oxygen atoms in total. The molecule has 0 aromatic heterocycles. The first kappa shape index (κ1) is 13.9. The van der Waals surface area contributed by atoms with Crippen molar-refractivity contribution < 1.29 is 4.79 Å². The summed E-state index contributed by atoms with van der Waals surface area (Å²) in [6.45, 7) is 7.01. The number of anilines is 1. The summed E-state index contributed by atoms with van der Waals surface area (Å²) in [5.74, 6) is 0.0194. The number of nitrogens with one attached hydrogen (secondary N) is 2. The maximum Gasteiger partial charge on any atom is 0.251 e. The summed E-state index contributed by atoms with van der Waals surface area (Å²) in [7, 11) is 0. The first-order valence-electron chi connectivity index (χ1n) is 7.15. The van der Waals surface area contributed by atoms with E-state index in [0.29, 0.717) is 0 Å². The van der Waals surface area contributed by atoms with Crippen LogP contribution in [0.2, 0.25) is 0 Å². The lowest BCUT2D eigenvalue weighted by atomic mass is 10.1. The van der Waals surface area contributed by atoms with Gasteiger partial charge in [0, 0.05) is 37.4 Å². The summed E-state index contributed by atoms with van der Waals surface area (Å²) in [5, 5.41) is 6.29. The molecule has 1 amide bonds. The van der Waals surface area contributed by atoms with E-state index in [1.54, 1.807) is 0 Å². The van der Waals surface area contributed by atoms with Crippen LogP contribution in [-0.4, -0.2) is 38.6 Å². The summed E-state index contributed by atoms with van der Waals surface area (Å²) in [6, 6.07) is 7.93. The van der Waals surface area contributed by atoms with E-state index in [1.165, 1.54) is 12.1 Å². The molecule has 0 spiro atoms. The van der Waals surface area contributed by atoms with Gasteiger partial charge in [0.2, 0.25) is 0 Å². The van der Waals surface area contributed by atoms with Crippen LogP contribution in [0.25, 0.3) is 0 Å². The first-order valence-corrected chi connectivity index (χ1v) is 7.15. The lowest BCUT2D eigenvalue weighted by Gasteiger charge is -2.22. The molecule has 2 rings (SSSR count). The molecule has 0 atom stereocenters. The zero-order valence-electron chi connectivity index (χ0n) is 11.6. The number of nitrogens with zero attached hydrogens (tertiary/aromatic N) is 1. The van der Waals surface area contributed by atoms with Gasteiger partial charge in [0.1, 0.15) is 0 Å². The Bertz CT molecular complexity index is 394. The highest BCUT2D eigenvalue weighted by molar-refractivity contribution is 5.94. The molecule has 1 heterocycles. The third-order valence-electron chi connectivity index (χ3n) is 3.37. The van der Waals surface area contributed by atoms with Gasteiger partial charge in [-0.2, -0.15) is 0 Å². The van der Waals surface area contributed by atoms with Crippen molar-refractivity contribution in [1.82, 2.24) is 10.6 Å². The molecule has 0 saturated carbocycles. The smallest absolute Gasteiger partial charge is 0.251 e. The quantitative estimate of drug-likeness (QED) is 0.866. The molecule has 19 heavy (non-hydrogen) atoms. The van der Waals surface area contributed by atoms with Gasteiger partial charge in [-0.1, -0.05) is 6.92 Å². The van der Waals surface area contributed by atoms with Crippen LogP contribution < -0.4 is 15.5 Å². The number of carbonyl (C=O) groups excluding carboxylic acids is 1. The Morgan fingerprint density at radius 2 is 2.05 bits per heavy atom. The van der Waals surface area contributed by atoms with E-state index in [9.17, 15) is 4.79 Å². The summed E-state index contributed by atoms with van der Waals surface area (Å²) in [6.07, 6.45) is 2.13. The van der Waals surface area contributed by atoms with E-state index in [4.69, 9.17) is 0 Å². The molecule has 1 aromatic rings. The lowest BCUT2D eigenvalue weighted by Crippen LogP contribution is -2.28. The fraction of sp³-hybridized carbons (Fsp3) is 0.533. The Labute approximate surface area is 115 Å². The zero-order valence-corrected chi connectivity index (χ0v) is 11.6. The fourth-order valence-corrected chi connectivity index (χ4v) is 2.27. The Morgan fingerprint density at radius 3 is 2.79 bits per heavy atom. The Kier molecular flexibility index (Phi) is 5.21. The van der Waals surface area contributed by atoms with Crippen LogP contribution in [0.15, 0.2) is 24.3 Å². The minimum atomic E-state index is 0.0194. The van der Waals surface area contributed by atoms with E-state index >= 15 is 0 Å². The molecule has 2 N–H and O–H groups in total. The molecular weight excluding hydrogens is 238 g/mol. The van der Waals surface area contributed by atoms with E-state index in [0.717, 1.165) is 44.7 Å². The molecular formula is C15H23N3O. The van der Waals surface area contributed by atoms with Gasteiger partial charge in [-0.05, 0) is 43.7 Å². The van der Waals surface area contributed by atoms with Crippen molar-refractivity contribution in [2.75, 3.05) is 37.6 Å². The van der Waals surface area contributed by atoms with Crippen LogP contribution in [0.4, 0.5) is 5.69 Å². The molecule has 1 aliphatic heterocycles. The van der Waals surface area contributed by atoms with Crippen molar-refractivity contribution in [3.63, 3.8) is 0 Å². The third kappa shape index (κ3) is 3.96. The van der Waals surface area contributed by atoms with Crippen LogP contribution in [0.3, 0.4) is 0 Å². The highest BCUT2D eigenvalue weighted by Crippen LogP contribution is 2.16. The SMILES string of the molecule is CCCNC(=O)c1ccc(N2CCCNCC2)cc1. The molecule has 0 radical (unpaired) electrons. The fourth-order valence-electron chi connectivity index (χ4n) is 2.27. The topological polar surface area (TPSA) is 44.4 Å². The minimum absolute atomic E-state index is 0.0194. The summed E-state index contributed by atoms with van der Waals surface area (Å²) in [5.41, 5.74) is 1.95. The maximum absolute atomic E-state index is 11.8. The maximum atomic E-state index is 11.8. The lowest BCUT2D eigenvalue weighted by molar-refractivity contribution is 0.0953. The second-order valence-corrected chi connectivity index (χ2v) is 4.89. The molecule has 4 heteroatoms. The number of benzene rings is 1. The minimum Gasteiger partial charge on any atom is -0.370 e. The van der Waals surface area contributed by atoms with Crippen LogP contribution in [0.5, 0.6) is 0 Å². The Morgan fingerprint density at radius 1 is 1.26 bits per heavy atom. The van der Waals surface area contributed by atoms with Gasteiger partial charge in [-0.15, -0.1) is 0 Å². The van der Waals surface area contributed by atoms with Crippen LogP contribution >= 0.6 is 0 Å². The van der Waals surface area contributed by atoms with E-state index in [1.807, 2.05) is 24.3 Å². The third-order valence-corrected chi connectivity index (χ3v) is 3.37. The Balaban J connectivity index is 1.98. The van der Waals surface area contributed by atoms with Gasteiger partial charge < -0.3 is 15.5 Å². The average molecular weight is 261 g/mol. The molecule has 1 aliphatic rings. The largest absolute Gasteiger partial charge is 0.370 e. The number of hydrogen-bond donors (Lipinski definition) is 2. The second kappa shape index (κ2) is 7.14. The van der Waals surface area contributed by atoms with Crippen molar-refractivity contribution in [2.45, 2.75) is 19.8 Å². The summed E-state index contributed by atoms with van der Waals surface area (Å²) >= 11 is 0. The standard InChI is InChI=1S/C15H23N3O/c1-2-8-17-15(19)13-4-6-14(7-5-13)18-11-3-9-16-10-12-18/h4-7,16H,2-3,8-12H2,1H3,(H,17,19). The predicted molar refractivity (Wildman–Crippen MR) is 78.8 cm³/mol. The van der Waals surface area contributed by atoms with Gasteiger partial charge in [-0.25, -0.2) is 0 Å². The van der Waals surface area contributed by atoms with E-state index in [-0.39, 0.29) is 5.91 Å². The monoisotopic (exact) mass is 261 g/mol. The highest BCUT2D eigenvalue weighted by atomic mass is 16.1. The van der Waals surface area contributed by atoms with Crippen LogP contribution in [0, 0.1) is 0 Å². The van der Waals surface area contributed by atoms with Gasteiger partial charge in [-0.3, -0.25) is 4.79 Å². The van der Waals surface area contributed by atoms with Crippen LogP contribution in [-0.2, 0) is 0 Å². The number of carbonyl (C=O) groups is 1.